The summed E-state index contributed by atoms with van der Waals surface area (Å²) in [5, 5.41) is 0. The summed E-state index contributed by atoms with van der Waals surface area (Å²) in [6.45, 7) is 5.82. The summed E-state index contributed by atoms with van der Waals surface area (Å²) in [7, 11) is 3.38. The standard InChI is InChI=1S/C26H32N4O3/c1-19-11-21(12-20-5-4-6-23(13-20)32-3)14-24(29-19)25-18-30(8-10-33-25)17-22-15-27-26(28-16-22)7-9-31-2/h4-6,11,13-16,25H,7-10,12,17-18H2,1-3H3. The molecular formula is C26H32N4O3. The number of pyridine rings is 1. The Kier molecular flexibility index (Phi) is 7.99. The zero-order chi connectivity index (χ0) is 23.0. The fourth-order valence-corrected chi connectivity index (χ4v) is 4.12. The maximum absolute atomic E-state index is 6.12. The highest BCUT2D eigenvalue weighted by atomic mass is 16.5. The molecule has 0 aliphatic carbocycles. The van der Waals surface area contributed by atoms with Gasteiger partial charge in [0.25, 0.3) is 0 Å². The van der Waals surface area contributed by atoms with Gasteiger partial charge >= 0.3 is 0 Å². The van der Waals surface area contributed by atoms with Gasteiger partial charge in [-0.25, -0.2) is 9.97 Å². The largest absolute Gasteiger partial charge is 0.497 e. The zero-order valence-electron chi connectivity index (χ0n) is 19.7. The molecule has 4 rings (SSSR count). The molecule has 7 heteroatoms. The summed E-state index contributed by atoms with van der Waals surface area (Å²) in [6, 6.07) is 12.5. The van der Waals surface area contributed by atoms with Crippen LogP contribution in [0, 0.1) is 6.92 Å². The maximum Gasteiger partial charge on any atom is 0.130 e. The molecule has 174 valence electrons. The molecule has 0 bridgehead atoms. The first kappa shape index (κ1) is 23.3. The van der Waals surface area contributed by atoms with E-state index < -0.39 is 0 Å². The van der Waals surface area contributed by atoms with Crippen LogP contribution in [0.4, 0.5) is 0 Å². The third-order valence-corrected chi connectivity index (χ3v) is 5.75. The number of hydrogen-bond acceptors (Lipinski definition) is 7. The monoisotopic (exact) mass is 448 g/mol. The van der Waals surface area contributed by atoms with Crippen LogP contribution in [-0.4, -0.2) is 60.4 Å². The van der Waals surface area contributed by atoms with Crippen molar-refractivity contribution >= 4 is 0 Å². The van der Waals surface area contributed by atoms with E-state index in [1.54, 1.807) is 14.2 Å². The van der Waals surface area contributed by atoms with Gasteiger partial charge in [-0.15, -0.1) is 0 Å². The van der Waals surface area contributed by atoms with E-state index in [0.717, 1.165) is 61.0 Å². The van der Waals surface area contributed by atoms with Crippen molar-refractivity contribution in [3.05, 3.63) is 82.7 Å². The molecule has 0 radical (unpaired) electrons. The van der Waals surface area contributed by atoms with Crippen molar-refractivity contribution in [2.24, 2.45) is 0 Å². The molecule has 7 nitrogen and oxygen atoms in total. The van der Waals surface area contributed by atoms with Crippen molar-refractivity contribution in [1.82, 2.24) is 19.9 Å². The van der Waals surface area contributed by atoms with Crippen molar-refractivity contribution in [3.63, 3.8) is 0 Å². The number of aryl methyl sites for hydroxylation is 1. The minimum absolute atomic E-state index is 0.0513. The Balaban J connectivity index is 1.42. The summed E-state index contributed by atoms with van der Waals surface area (Å²) < 4.78 is 16.6. The molecule has 1 saturated heterocycles. The van der Waals surface area contributed by atoms with Crippen LogP contribution in [0.5, 0.6) is 5.75 Å². The Labute approximate surface area is 195 Å². The number of ether oxygens (including phenoxy) is 3. The second-order valence-corrected chi connectivity index (χ2v) is 8.41. The molecule has 3 aromatic rings. The molecule has 1 aliphatic rings. The average Bonchev–Trinajstić information content (AvgIpc) is 2.83. The molecule has 33 heavy (non-hydrogen) atoms. The van der Waals surface area contributed by atoms with Crippen LogP contribution in [-0.2, 0) is 28.9 Å². The van der Waals surface area contributed by atoms with Crippen molar-refractivity contribution in [1.29, 1.82) is 0 Å². The zero-order valence-corrected chi connectivity index (χ0v) is 19.7. The molecule has 1 aromatic carbocycles. The lowest BCUT2D eigenvalue weighted by molar-refractivity contribution is -0.0351. The number of methoxy groups -OCH3 is 2. The van der Waals surface area contributed by atoms with Gasteiger partial charge in [0, 0.05) is 56.8 Å². The number of nitrogens with zero attached hydrogens (tertiary/aromatic N) is 4. The number of rotatable bonds is 9. The number of hydrogen-bond donors (Lipinski definition) is 0. The Morgan fingerprint density at radius 3 is 2.70 bits per heavy atom. The van der Waals surface area contributed by atoms with Crippen LogP contribution in [0.1, 0.15) is 40.0 Å². The summed E-state index contributed by atoms with van der Waals surface area (Å²) >= 11 is 0. The fraction of sp³-hybridized carbons (Fsp3) is 0.423. The topological polar surface area (TPSA) is 69.6 Å². The SMILES string of the molecule is COCCc1ncc(CN2CCOC(c3cc(Cc4cccc(OC)c4)cc(C)n3)C2)cn1. The molecule has 1 fully saturated rings. The van der Waals surface area contributed by atoms with E-state index in [2.05, 4.69) is 39.1 Å². The van der Waals surface area contributed by atoms with Gasteiger partial charge in [-0.3, -0.25) is 9.88 Å². The van der Waals surface area contributed by atoms with Crippen LogP contribution in [0.3, 0.4) is 0 Å². The van der Waals surface area contributed by atoms with E-state index in [1.807, 2.05) is 31.5 Å². The van der Waals surface area contributed by atoms with Crippen molar-refractivity contribution in [3.8, 4) is 5.75 Å². The second-order valence-electron chi connectivity index (χ2n) is 8.41. The minimum Gasteiger partial charge on any atom is -0.497 e. The predicted octanol–water partition coefficient (Wildman–Crippen LogP) is 3.54. The van der Waals surface area contributed by atoms with Gasteiger partial charge in [0.1, 0.15) is 17.7 Å². The van der Waals surface area contributed by atoms with Gasteiger partial charge in [0.2, 0.25) is 0 Å². The lowest BCUT2D eigenvalue weighted by Gasteiger charge is -2.32. The molecule has 3 heterocycles. The molecule has 1 aliphatic heterocycles. The van der Waals surface area contributed by atoms with Crippen LogP contribution in [0.2, 0.25) is 0 Å². The normalized spacial score (nSPS) is 16.6. The van der Waals surface area contributed by atoms with Gasteiger partial charge < -0.3 is 14.2 Å². The first-order chi connectivity index (χ1) is 16.1. The Morgan fingerprint density at radius 1 is 1.06 bits per heavy atom. The van der Waals surface area contributed by atoms with Crippen LogP contribution in [0.15, 0.2) is 48.8 Å². The van der Waals surface area contributed by atoms with Gasteiger partial charge in [0.05, 0.1) is 26.0 Å². The fourth-order valence-electron chi connectivity index (χ4n) is 4.12. The van der Waals surface area contributed by atoms with Crippen molar-refractivity contribution < 1.29 is 14.2 Å². The van der Waals surface area contributed by atoms with Crippen molar-refractivity contribution in [2.45, 2.75) is 32.4 Å². The molecule has 0 spiro atoms. The van der Waals surface area contributed by atoms with Gasteiger partial charge in [0.15, 0.2) is 0 Å². The smallest absolute Gasteiger partial charge is 0.130 e. The molecule has 0 amide bonds. The minimum atomic E-state index is -0.0513. The quantitative estimate of drug-likeness (QED) is 0.496. The van der Waals surface area contributed by atoms with Crippen LogP contribution >= 0.6 is 0 Å². The summed E-state index contributed by atoms with van der Waals surface area (Å²) in [4.78, 5) is 16.1. The van der Waals surface area contributed by atoms with Crippen LogP contribution < -0.4 is 4.74 Å². The molecule has 0 N–H and O–H groups in total. The average molecular weight is 449 g/mol. The third kappa shape index (κ3) is 6.57. The highest BCUT2D eigenvalue weighted by molar-refractivity contribution is 5.34. The Hall–Kier alpha value is -2.87. The van der Waals surface area contributed by atoms with Gasteiger partial charge in [-0.05, 0) is 48.7 Å². The van der Waals surface area contributed by atoms with Gasteiger partial charge in [-0.2, -0.15) is 0 Å². The van der Waals surface area contributed by atoms with Crippen LogP contribution in [0.25, 0.3) is 0 Å². The van der Waals surface area contributed by atoms with E-state index in [4.69, 9.17) is 19.2 Å². The molecule has 1 unspecified atom stereocenters. The predicted molar refractivity (Wildman–Crippen MR) is 126 cm³/mol. The Morgan fingerprint density at radius 2 is 1.91 bits per heavy atom. The third-order valence-electron chi connectivity index (χ3n) is 5.75. The van der Waals surface area contributed by atoms with E-state index in [0.29, 0.717) is 13.2 Å². The highest BCUT2D eigenvalue weighted by Crippen LogP contribution is 2.25. The van der Waals surface area contributed by atoms with Gasteiger partial charge in [-0.1, -0.05) is 12.1 Å². The Bertz CT molecular complexity index is 1040. The second kappa shape index (κ2) is 11.3. The number of morpholine rings is 1. The summed E-state index contributed by atoms with van der Waals surface area (Å²) in [5.74, 6) is 1.69. The molecule has 0 saturated carbocycles. The number of benzene rings is 1. The lowest BCUT2D eigenvalue weighted by Crippen LogP contribution is -2.38. The summed E-state index contributed by atoms with van der Waals surface area (Å²) in [5.41, 5.74) is 5.54. The highest BCUT2D eigenvalue weighted by Gasteiger charge is 2.24. The van der Waals surface area contributed by atoms with E-state index in [-0.39, 0.29) is 6.10 Å². The van der Waals surface area contributed by atoms with E-state index >= 15 is 0 Å². The molecule has 2 aromatic heterocycles. The summed E-state index contributed by atoms with van der Waals surface area (Å²) in [6.07, 6.45) is 5.34. The number of aromatic nitrogens is 3. The van der Waals surface area contributed by atoms with E-state index in [9.17, 15) is 0 Å². The van der Waals surface area contributed by atoms with Crippen molar-refractivity contribution in [2.75, 3.05) is 40.5 Å². The molecule has 1 atom stereocenters. The lowest BCUT2D eigenvalue weighted by atomic mass is 10.0. The maximum atomic E-state index is 6.12. The first-order valence-electron chi connectivity index (χ1n) is 11.4. The molecular weight excluding hydrogens is 416 g/mol. The van der Waals surface area contributed by atoms with E-state index in [1.165, 1.54) is 11.1 Å². The first-order valence-corrected chi connectivity index (χ1v) is 11.4.